The van der Waals surface area contributed by atoms with Gasteiger partial charge in [0.2, 0.25) is 0 Å². The first-order valence-electron chi connectivity index (χ1n) is 11.5. The maximum atomic E-state index is 5.57. The third-order valence-corrected chi connectivity index (χ3v) is 7.99. The minimum absolute atomic E-state index is 0.694. The monoisotopic (exact) mass is 436 g/mol. The van der Waals surface area contributed by atoms with Crippen molar-refractivity contribution in [2.45, 2.75) is 32.1 Å². The van der Waals surface area contributed by atoms with Crippen LogP contribution >= 0.6 is 11.3 Å². The van der Waals surface area contributed by atoms with Gasteiger partial charge in [0.15, 0.2) is 5.82 Å². The zero-order valence-electron chi connectivity index (χ0n) is 17.8. The van der Waals surface area contributed by atoms with Gasteiger partial charge in [-0.1, -0.05) is 0 Å². The topological polar surface area (TPSA) is 67.3 Å². The zero-order chi connectivity index (χ0) is 20.6. The Morgan fingerprint density at radius 2 is 1.97 bits per heavy atom. The van der Waals surface area contributed by atoms with Gasteiger partial charge >= 0.3 is 0 Å². The molecule has 0 spiro atoms. The summed E-state index contributed by atoms with van der Waals surface area (Å²) in [7, 11) is 0. The van der Waals surface area contributed by atoms with Crippen LogP contribution in [0.2, 0.25) is 0 Å². The molecule has 1 unspecified atom stereocenters. The molecular weight excluding hydrogens is 408 g/mol. The summed E-state index contributed by atoms with van der Waals surface area (Å²) >= 11 is 1.86. The molecule has 3 aromatic rings. The maximum absolute atomic E-state index is 5.57. The first kappa shape index (κ1) is 19.5. The van der Waals surface area contributed by atoms with E-state index in [0.29, 0.717) is 11.7 Å². The van der Waals surface area contributed by atoms with Crippen LogP contribution in [0.3, 0.4) is 0 Å². The maximum Gasteiger partial charge on any atom is 0.183 e. The molecule has 0 N–H and O–H groups in total. The Morgan fingerprint density at radius 3 is 2.77 bits per heavy atom. The van der Waals surface area contributed by atoms with Gasteiger partial charge in [-0.3, -0.25) is 9.88 Å². The second kappa shape index (κ2) is 8.41. The molecule has 2 fully saturated rings. The highest BCUT2D eigenvalue weighted by atomic mass is 32.1. The number of aromatic nitrogens is 4. The Bertz CT molecular complexity index is 1060. The van der Waals surface area contributed by atoms with Gasteiger partial charge in [-0.2, -0.15) is 0 Å². The molecule has 8 heteroatoms. The van der Waals surface area contributed by atoms with E-state index in [9.17, 15) is 0 Å². The molecule has 0 amide bonds. The number of nitrogens with zero attached hydrogens (tertiary/aromatic N) is 6. The third-order valence-electron chi connectivity index (χ3n) is 6.80. The Labute approximate surface area is 186 Å². The van der Waals surface area contributed by atoms with Crippen molar-refractivity contribution in [3.05, 3.63) is 29.0 Å². The molecule has 0 aromatic carbocycles. The van der Waals surface area contributed by atoms with Crippen molar-refractivity contribution >= 4 is 27.4 Å². The van der Waals surface area contributed by atoms with Crippen molar-refractivity contribution in [2.75, 3.05) is 50.8 Å². The number of rotatable bonds is 4. The summed E-state index contributed by atoms with van der Waals surface area (Å²) in [6, 6.07) is 0. The minimum Gasteiger partial charge on any atom is -0.381 e. The van der Waals surface area contributed by atoms with Crippen molar-refractivity contribution in [1.29, 1.82) is 0 Å². The number of anilines is 1. The Kier molecular flexibility index (Phi) is 5.29. The van der Waals surface area contributed by atoms with Gasteiger partial charge in [-0.25, -0.2) is 15.0 Å². The van der Waals surface area contributed by atoms with Gasteiger partial charge in [0, 0.05) is 56.6 Å². The molecule has 6 rings (SSSR count). The SMILES string of the molecule is c1cnc(-c2nc(N3CCN(CC4CCOC4)CC3)c3c4c(sc3n2)CCCC4)cn1. The Hall–Kier alpha value is -2.16. The summed E-state index contributed by atoms with van der Waals surface area (Å²) in [6.07, 6.45) is 11.3. The molecule has 1 aliphatic carbocycles. The molecule has 1 atom stereocenters. The minimum atomic E-state index is 0.694. The Morgan fingerprint density at radius 1 is 1.06 bits per heavy atom. The molecular formula is C23H28N6OS. The van der Waals surface area contributed by atoms with Gasteiger partial charge in [-0.05, 0) is 43.6 Å². The first-order chi connectivity index (χ1) is 15.3. The number of thiophene rings is 1. The highest BCUT2D eigenvalue weighted by Gasteiger charge is 2.28. The van der Waals surface area contributed by atoms with Crippen molar-refractivity contribution in [3.8, 4) is 11.5 Å². The van der Waals surface area contributed by atoms with Gasteiger partial charge < -0.3 is 9.64 Å². The lowest BCUT2D eigenvalue weighted by Crippen LogP contribution is -2.48. The highest BCUT2D eigenvalue weighted by Crippen LogP contribution is 2.40. The van der Waals surface area contributed by atoms with Crippen LogP contribution in [0, 0.1) is 5.92 Å². The van der Waals surface area contributed by atoms with Crippen molar-refractivity contribution < 1.29 is 4.74 Å². The highest BCUT2D eigenvalue weighted by molar-refractivity contribution is 7.19. The molecule has 7 nitrogen and oxygen atoms in total. The van der Waals surface area contributed by atoms with E-state index in [2.05, 4.69) is 19.8 Å². The lowest BCUT2D eigenvalue weighted by atomic mass is 9.97. The van der Waals surface area contributed by atoms with Gasteiger partial charge in [-0.15, -0.1) is 11.3 Å². The number of hydrogen-bond acceptors (Lipinski definition) is 8. The van der Waals surface area contributed by atoms with Crippen LogP contribution in [0.25, 0.3) is 21.7 Å². The molecule has 0 saturated carbocycles. The molecule has 162 valence electrons. The molecule has 2 aliphatic heterocycles. The largest absolute Gasteiger partial charge is 0.381 e. The lowest BCUT2D eigenvalue weighted by Gasteiger charge is -2.36. The number of hydrogen-bond donors (Lipinski definition) is 0. The predicted molar refractivity (Wildman–Crippen MR) is 123 cm³/mol. The lowest BCUT2D eigenvalue weighted by molar-refractivity contribution is 0.164. The van der Waals surface area contributed by atoms with Crippen LogP contribution in [0.4, 0.5) is 5.82 Å². The number of aryl methyl sites for hydroxylation is 2. The van der Waals surface area contributed by atoms with Crippen LogP contribution in [-0.2, 0) is 17.6 Å². The van der Waals surface area contributed by atoms with E-state index in [1.165, 1.54) is 41.5 Å². The van der Waals surface area contributed by atoms with E-state index in [1.807, 2.05) is 11.3 Å². The van der Waals surface area contributed by atoms with Crippen LogP contribution in [0.5, 0.6) is 0 Å². The van der Waals surface area contributed by atoms with E-state index in [4.69, 9.17) is 14.7 Å². The van der Waals surface area contributed by atoms with Crippen molar-refractivity contribution in [3.63, 3.8) is 0 Å². The van der Waals surface area contributed by atoms with Crippen LogP contribution in [0.1, 0.15) is 29.7 Å². The van der Waals surface area contributed by atoms with E-state index in [0.717, 1.165) is 68.7 Å². The molecule has 5 heterocycles. The molecule has 0 radical (unpaired) electrons. The first-order valence-corrected chi connectivity index (χ1v) is 12.3. The van der Waals surface area contributed by atoms with E-state index >= 15 is 0 Å². The molecule has 0 bridgehead atoms. The van der Waals surface area contributed by atoms with Crippen molar-refractivity contribution in [1.82, 2.24) is 24.8 Å². The van der Waals surface area contributed by atoms with Crippen molar-refractivity contribution in [2.24, 2.45) is 5.92 Å². The molecule has 3 aromatic heterocycles. The number of ether oxygens (including phenoxy) is 1. The summed E-state index contributed by atoms with van der Waals surface area (Å²) in [5.41, 5.74) is 2.24. The zero-order valence-corrected chi connectivity index (χ0v) is 18.6. The quantitative estimate of drug-likeness (QED) is 0.622. The van der Waals surface area contributed by atoms with Crippen LogP contribution in [-0.4, -0.2) is 70.8 Å². The molecule has 31 heavy (non-hydrogen) atoms. The number of fused-ring (bicyclic) bond motifs is 3. The summed E-state index contributed by atoms with van der Waals surface area (Å²) in [5, 5.41) is 1.30. The smallest absolute Gasteiger partial charge is 0.183 e. The standard InChI is InChI=1S/C23H28N6OS/c1-2-4-19-17(3-1)20-22(26-21(27-23(20)31-19)18-13-24-6-7-25-18)29-10-8-28(9-11-29)14-16-5-12-30-15-16/h6-7,13,16H,1-5,8-12,14-15H2. The number of piperazine rings is 1. The van der Waals surface area contributed by atoms with Gasteiger partial charge in [0.25, 0.3) is 0 Å². The normalized spacial score (nSPS) is 22.2. The predicted octanol–water partition coefficient (Wildman–Crippen LogP) is 3.19. The fourth-order valence-corrected chi connectivity index (χ4v) is 6.39. The average Bonchev–Trinajstić information content (AvgIpc) is 3.47. The van der Waals surface area contributed by atoms with E-state index in [-0.39, 0.29) is 0 Å². The molecule has 2 saturated heterocycles. The van der Waals surface area contributed by atoms with Gasteiger partial charge in [0.1, 0.15) is 16.3 Å². The molecule has 3 aliphatic rings. The second-order valence-corrected chi connectivity index (χ2v) is 9.95. The summed E-state index contributed by atoms with van der Waals surface area (Å²) in [6.45, 7) is 7.18. The second-order valence-electron chi connectivity index (χ2n) is 8.87. The van der Waals surface area contributed by atoms with Gasteiger partial charge in [0.05, 0.1) is 18.2 Å². The Balaban J connectivity index is 1.34. The average molecular weight is 437 g/mol. The summed E-state index contributed by atoms with van der Waals surface area (Å²) in [4.78, 5) is 26.4. The fraction of sp³-hybridized carbons (Fsp3) is 0.565. The summed E-state index contributed by atoms with van der Waals surface area (Å²) in [5.74, 6) is 2.50. The van der Waals surface area contributed by atoms with Crippen LogP contribution in [0.15, 0.2) is 18.6 Å². The van der Waals surface area contributed by atoms with E-state index in [1.54, 1.807) is 18.6 Å². The fourth-order valence-electron chi connectivity index (χ4n) is 5.13. The third kappa shape index (κ3) is 3.81. The van der Waals surface area contributed by atoms with Crippen LogP contribution < -0.4 is 4.90 Å². The van der Waals surface area contributed by atoms with E-state index < -0.39 is 0 Å². The summed E-state index contributed by atoms with van der Waals surface area (Å²) < 4.78 is 5.57.